The van der Waals surface area contributed by atoms with Crippen LogP contribution in [0.2, 0.25) is 0 Å². The van der Waals surface area contributed by atoms with Gasteiger partial charge in [-0.05, 0) is 29.9 Å². The lowest BCUT2D eigenvalue weighted by atomic mass is 9.84. The molecule has 0 atom stereocenters. The van der Waals surface area contributed by atoms with Crippen molar-refractivity contribution in [3.8, 4) is 11.3 Å². The van der Waals surface area contributed by atoms with Gasteiger partial charge in [0.15, 0.2) is 11.6 Å². The van der Waals surface area contributed by atoms with Gasteiger partial charge in [0.1, 0.15) is 0 Å². The number of carbonyl (C=O) groups excluding carboxylic acids is 1. The monoisotopic (exact) mass is 268 g/mol. The third-order valence-corrected chi connectivity index (χ3v) is 4.21. The largest absolute Gasteiger partial charge is 0.336 e. The molecule has 2 aromatic rings. The van der Waals surface area contributed by atoms with E-state index in [0.717, 1.165) is 17.2 Å². The van der Waals surface area contributed by atoms with Crippen LogP contribution in [0.25, 0.3) is 11.3 Å². The van der Waals surface area contributed by atoms with Gasteiger partial charge < -0.3 is 4.98 Å². The van der Waals surface area contributed by atoms with Gasteiger partial charge in [-0.3, -0.25) is 4.79 Å². The molecular weight excluding hydrogens is 248 g/mol. The second-order valence-corrected chi connectivity index (χ2v) is 5.66. The van der Waals surface area contributed by atoms with E-state index in [1.165, 1.54) is 44.6 Å². The normalized spacial score (nSPS) is 16.2. The first-order valence-electron chi connectivity index (χ1n) is 7.40. The Hall–Kier alpha value is -1.90. The SMILES string of the molecule is CC(=O)c1ncc(-c2ccc(C3CCCCC3)cc2)[nH]1. The lowest BCUT2D eigenvalue weighted by Crippen LogP contribution is -2.04. The molecule has 1 aromatic heterocycles. The molecule has 0 aliphatic heterocycles. The van der Waals surface area contributed by atoms with Crippen LogP contribution >= 0.6 is 0 Å². The minimum Gasteiger partial charge on any atom is -0.336 e. The maximum atomic E-state index is 11.3. The van der Waals surface area contributed by atoms with Crippen molar-refractivity contribution in [3.05, 3.63) is 41.9 Å². The van der Waals surface area contributed by atoms with Gasteiger partial charge in [-0.2, -0.15) is 0 Å². The number of H-pyrrole nitrogens is 1. The highest BCUT2D eigenvalue weighted by Gasteiger charge is 2.15. The molecule has 3 nitrogen and oxygen atoms in total. The standard InChI is InChI=1S/C17H20N2O/c1-12(20)17-18-11-16(19-17)15-9-7-14(8-10-15)13-5-3-2-4-6-13/h7-11,13H,2-6H2,1H3,(H,18,19). The van der Waals surface area contributed by atoms with Crippen LogP contribution in [0, 0.1) is 0 Å². The summed E-state index contributed by atoms with van der Waals surface area (Å²) in [6.45, 7) is 1.52. The fraction of sp³-hybridized carbons (Fsp3) is 0.412. The van der Waals surface area contributed by atoms with E-state index in [0.29, 0.717) is 5.82 Å². The Morgan fingerprint density at radius 3 is 2.45 bits per heavy atom. The van der Waals surface area contributed by atoms with Crippen molar-refractivity contribution in [2.75, 3.05) is 0 Å². The zero-order chi connectivity index (χ0) is 13.9. The number of Topliss-reactive ketones (excluding diaryl/α,β-unsaturated/α-hetero) is 1. The summed E-state index contributed by atoms with van der Waals surface area (Å²) in [6, 6.07) is 8.70. The Morgan fingerprint density at radius 2 is 1.85 bits per heavy atom. The van der Waals surface area contributed by atoms with Crippen LogP contribution in [0.5, 0.6) is 0 Å². The van der Waals surface area contributed by atoms with Crippen LogP contribution in [-0.4, -0.2) is 15.8 Å². The molecule has 1 aromatic carbocycles. The fourth-order valence-corrected chi connectivity index (χ4v) is 3.02. The Balaban J connectivity index is 1.79. The summed E-state index contributed by atoms with van der Waals surface area (Å²) in [5.74, 6) is 1.12. The lowest BCUT2D eigenvalue weighted by molar-refractivity contribution is 0.100. The maximum Gasteiger partial charge on any atom is 0.194 e. The van der Waals surface area contributed by atoms with Gasteiger partial charge in [-0.15, -0.1) is 0 Å². The number of imidazole rings is 1. The number of rotatable bonds is 3. The molecule has 20 heavy (non-hydrogen) atoms. The van der Waals surface area contributed by atoms with E-state index in [4.69, 9.17) is 0 Å². The molecule has 0 radical (unpaired) electrons. The Bertz CT molecular complexity index is 592. The number of carbonyl (C=O) groups is 1. The number of nitrogens with zero attached hydrogens (tertiary/aromatic N) is 1. The number of aromatic amines is 1. The molecule has 0 spiro atoms. The van der Waals surface area contributed by atoms with Gasteiger partial charge in [0.2, 0.25) is 0 Å². The number of benzene rings is 1. The smallest absolute Gasteiger partial charge is 0.194 e. The van der Waals surface area contributed by atoms with Crippen molar-refractivity contribution in [3.63, 3.8) is 0 Å². The molecule has 1 aliphatic carbocycles. The molecule has 1 fully saturated rings. The number of ketones is 1. The average Bonchev–Trinajstić information content (AvgIpc) is 2.98. The zero-order valence-corrected chi connectivity index (χ0v) is 11.9. The molecule has 3 rings (SSSR count). The molecule has 0 amide bonds. The number of hydrogen-bond donors (Lipinski definition) is 1. The fourth-order valence-electron chi connectivity index (χ4n) is 3.02. The Morgan fingerprint density at radius 1 is 1.15 bits per heavy atom. The first-order chi connectivity index (χ1) is 9.74. The first-order valence-corrected chi connectivity index (χ1v) is 7.40. The van der Waals surface area contributed by atoms with Gasteiger partial charge in [0.05, 0.1) is 11.9 Å². The molecule has 3 heteroatoms. The van der Waals surface area contributed by atoms with Gasteiger partial charge in [0.25, 0.3) is 0 Å². The topological polar surface area (TPSA) is 45.8 Å². The van der Waals surface area contributed by atoms with Crippen molar-refractivity contribution in [2.24, 2.45) is 0 Å². The highest BCUT2D eigenvalue weighted by atomic mass is 16.1. The lowest BCUT2D eigenvalue weighted by Gasteiger charge is -2.22. The number of aromatic nitrogens is 2. The van der Waals surface area contributed by atoms with Crippen LogP contribution in [0.3, 0.4) is 0 Å². The maximum absolute atomic E-state index is 11.3. The van der Waals surface area contributed by atoms with E-state index in [2.05, 4.69) is 34.2 Å². The predicted octanol–water partition coefficient (Wildman–Crippen LogP) is 4.33. The van der Waals surface area contributed by atoms with Crippen LogP contribution in [0.15, 0.2) is 30.5 Å². The molecule has 1 heterocycles. The number of hydrogen-bond acceptors (Lipinski definition) is 2. The second-order valence-electron chi connectivity index (χ2n) is 5.66. The summed E-state index contributed by atoms with van der Waals surface area (Å²) in [7, 11) is 0. The molecule has 1 saturated carbocycles. The van der Waals surface area contributed by atoms with Crippen LogP contribution in [-0.2, 0) is 0 Å². The van der Waals surface area contributed by atoms with E-state index in [1.807, 2.05) is 0 Å². The molecule has 0 bridgehead atoms. The van der Waals surface area contributed by atoms with Gasteiger partial charge in [-0.1, -0.05) is 43.5 Å². The molecule has 1 aliphatic rings. The first kappa shape index (κ1) is 13.1. The zero-order valence-electron chi connectivity index (χ0n) is 11.9. The van der Waals surface area contributed by atoms with Crippen molar-refractivity contribution in [1.82, 2.24) is 9.97 Å². The number of nitrogens with one attached hydrogen (secondary N) is 1. The summed E-state index contributed by atoms with van der Waals surface area (Å²) < 4.78 is 0. The highest BCUT2D eigenvalue weighted by molar-refractivity contribution is 5.91. The molecule has 0 saturated heterocycles. The average molecular weight is 268 g/mol. The van der Waals surface area contributed by atoms with Gasteiger partial charge in [-0.25, -0.2) is 4.98 Å². The highest BCUT2D eigenvalue weighted by Crippen LogP contribution is 2.33. The minimum atomic E-state index is -0.0323. The summed E-state index contributed by atoms with van der Waals surface area (Å²) >= 11 is 0. The summed E-state index contributed by atoms with van der Waals surface area (Å²) in [5, 5.41) is 0. The van der Waals surface area contributed by atoms with Crippen LogP contribution in [0.1, 0.15) is 61.1 Å². The van der Waals surface area contributed by atoms with E-state index in [9.17, 15) is 4.79 Å². The van der Waals surface area contributed by atoms with E-state index in [-0.39, 0.29) is 5.78 Å². The third kappa shape index (κ3) is 2.67. The Kier molecular flexibility index (Phi) is 3.68. The van der Waals surface area contributed by atoms with Gasteiger partial charge >= 0.3 is 0 Å². The van der Waals surface area contributed by atoms with E-state index < -0.39 is 0 Å². The second kappa shape index (κ2) is 5.61. The van der Waals surface area contributed by atoms with Gasteiger partial charge in [0, 0.05) is 6.92 Å². The third-order valence-electron chi connectivity index (χ3n) is 4.21. The summed E-state index contributed by atoms with van der Waals surface area (Å²) in [6.07, 6.45) is 8.46. The quantitative estimate of drug-likeness (QED) is 0.842. The van der Waals surface area contributed by atoms with Crippen molar-refractivity contribution >= 4 is 5.78 Å². The molecule has 0 unspecified atom stereocenters. The van der Waals surface area contributed by atoms with Crippen molar-refractivity contribution in [1.29, 1.82) is 0 Å². The van der Waals surface area contributed by atoms with E-state index in [1.54, 1.807) is 6.20 Å². The molecule has 1 N–H and O–H groups in total. The summed E-state index contributed by atoms with van der Waals surface area (Å²) in [5.41, 5.74) is 3.44. The van der Waals surface area contributed by atoms with Crippen molar-refractivity contribution < 1.29 is 4.79 Å². The molecular formula is C17H20N2O. The van der Waals surface area contributed by atoms with E-state index >= 15 is 0 Å². The summed E-state index contributed by atoms with van der Waals surface area (Å²) in [4.78, 5) is 18.4. The predicted molar refractivity (Wildman–Crippen MR) is 79.9 cm³/mol. The molecule has 104 valence electrons. The van der Waals surface area contributed by atoms with Crippen LogP contribution < -0.4 is 0 Å². The minimum absolute atomic E-state index is 0.0323. The van der Waals surface area contributed by atoms with Crippen molar-refractivity contribution in [2.45, 2.75) is 44.9 Å². The van der Waals surface area contributed by atoms with Crippen LogP contribution in [0.4, 0.5) is 0 Å². The Labute approximate surface area is 119 Å².